The van der Waals surface area contributed by atoms with Crippen LogP contribution in [0.5, 0.6) is 0 Å². The molecule has 1 N–H and O–H groups in total. The fourth-order valence-corrected chi connectivity index (χ4v) is 3.07. The van der Waals surface area contributed by atoms with Crippen molar-refractivity contribution in [2.75, 3.05) is 5.32 Å². The second kappa shape index (κ2) is 4.92. The predicted molar refractivity (Wildman–Crippen MR) is 74.9 cm³/mol. The number of halogens is 2. The SMILES string of the molecule is O=C1Nc2cc(Sc3cccc(F)c3)c(Cl)cc2C1=O. The van der Waals surface area contributed by atoms with Gasteiger partial charge in [-0.2, -0.15) is 0 Å². The van der Waals surface area contributed by atoms with Crippen molar-refractivity contribution in [2.45, 2.75) is 9.79 Å². The van der Waals surface area contributed by atoms with E-state index >= 15 is 0 Å². The zero-order valence-electron chi connectivity index (χ0n) is 9.94. The van der Waals surface area contributed by atoms with Crippen molar-refractivity contribution in [3.05, 3.63) is 52.8 Å². The highest BCUT2D eigenvalue weighted by Crippen LogP contribution is 2.38. The quantitative estimate of drug-likeness (QED) is 0.859. The zero-order chi connectivity index (χ0) is 14.3. The lowest BCUT2D eigenvalue weighted by Gasteiger charge is -2.06. The molecule has 0 unspecified atom stereocenters. The van der Waals surface area contributed by atoms with Crippen molar-refractivity contribution < 1.29 is 14.0 Å². The van der Waals surface area contributed by atoms with Crippen LogP contribution in [0.4, 0.5) is 10.1 Å². The Labute approximate surface area is 123 Å². The van der Waals surface area contributed by atoms with Gasteiger partial charge in [-0.1, -0.05) is 29.4 Å². The van der Waals surface area contributed by atoms with Gasteiger partial charge in [0, 0.05) is 9.79 Å². The van der Waals surface area contributed by atoms with Gasteiger partial charge in [-0.25, -0.2) is 4.39 Å². The number of Topliss-reactive ketones (excluding diaryl/α,β-unsaturated/α-hetero) is 1. The third-order valence-corrected chi connectivity index (χ3v) is 4.27. The molecule has 6 heteroatoms. The molecule has 1 aliphatic rings. The highest BCUT2D eigenvalue weighted by molar-refractivity contribution is 7.99. The lowest BCUT2D eigenvalue weighted by molar-refractivity contribution is -0.112. The molecule has 100 valence electrons. The molecule has 2 aromatic carbocycles. The monoisotopic (exact) mass is 307 g/mol. The van der Waals surface area contributed by atoms with Gasteiger partial charge >= 0.3 is 0 Å². The molecule has 0 fully saturated rings. The fourth-order valence-electron chi connectivity index (χ4n) is 1.88. The second-order valence-corrected chi connectivity index (χ2v) is 5.69. The van der Waals surface area contributed by atoms with E-state index in [0.29, 0.717) is 20.5 Å². The predicted octanol–water partition coefficient (Wildman–Crippen LogP) is 3.77. The minimum atomic E-state index is -0.663. The fraction of sp³-hybridized carbons (Fsp3) is 0. The smallest absolute Gasteiger partial charge is 0.296 e. The molecule has 0 aliphatic carbocycles. The number of hydrogen-bond donors (Lipinski definition) is 1. The van der Waals surface area contributed by atoms with Gasteiger partial charge in [-0.15, -0.1) is 0 Å². The Morgan fingerprint density at radius 1 is 1.15 bits per heavy atom. The van der Waals surface area contributed by atoms with Crippen molar-refractivity contribution in [3.63, 3.8) is 0 Å². The largest absolute Gasteiger partial charge is 0.318 e. The molecule has 3 rings (SSSR count). The highest BCUT2D eigenvalue weighted by atomic mass is 35.5. The molecule has 0 spiro atoms. The lowest BCUT2D eigenvalue weighted by atomic mass is 10.1. The molecule has 0 saturated carbocycles. The van der Waals surface area contributed by atoms with Crippen LogP contribution in [0.3, 0.4) is 0 Å². The molecule has 0 aromatic heterocycles. The van der Waals surface area contributed by atoms with Crippen molar-refractivity contribution >= 4 is 40.7 Å². The molecular weight excluding hydrogens is 301 g/mol. The van der Waals surface area contributed by atoms with Gasteiger partial charge in [-0.3, -0.25) is 9.59 Å². The number of benzene rings is 2. The van der Waals surface area contributed by atoms with Crippen LogP contribution in [0.15, 0.2) is 46.2 Å². The maximum atomic E-state index is 13.1. The summed E-state index contributed by atoms with van der Waals surface area (Å²) in [6.07, 6.45) is 0. The first-order valence-corrected chi connectivity index (χ1v) is 6.86. The summed E-state index contributed by atoms with van der Waals surface area (Å²) in [6.45, 7) is 0. The third kappa shape index (κ3) is 2.30. The molecule has 1 aliphatic heterocycles. The summed E-state index contributed by atoms with van der Waals surface area (Å²) in [5, 5.41) is 2.83. The van der Waals surface area contributed by atoms with Gasteiger partial charge < -0.3 is 5.32 Å². The Morgan fingerprint density at radius 2 is 1.95 bits per heavy atom. The van der Waals surface area contributed by atoms with Gasteiger partial charge in [0.25, 0.3) is 11.7 Å². The first kappa shape index (κ1) is 13.1. The van der Waals surface area contributed by atoms with Crippen LogP contribution in [0, 0.1) is 5.82 Å². The van der Waals surface area contributed by atoms with E-state index in [1.54, 1.807) is 18.2 Å². The molecule has 20 heavy (non-hydrogen) atoms. The molecule has 0 atom stereocenters. The van der Waals surface area contributed by atoms with E-state index in [4.69, 9.17) is 11.6 Å². The average molecular weight is 308 g/mol. The number of nitrogens with one attached hydrogen (secondary N) is 1. The average Bonchev–Trinajstić information content (AvgIpc) is 2.66. The summed E-state index contributed by atoms with van der Waals surface area (Å²) in [5.41, 5.74) is 0.701. The van der Waals surface area contributed by atoms with Gasteiger partial charge in [0.1, 0.15) is 5.82 Å². The highest BCUT2D eigenvalue weighted by Gasteiger charge is 2.29. The number of rotatable bonds is 2. The number of anilines is 1. The van der Waals surface area contributed by atoms with Crippen LogP contribution in [0.25, 0.3) is 0 Å². The van der Waals surface area contributed by atoms with E-state index < -0.39 is 11.7 Å². The number of carbonyl (C=O) groups is 2. The molecule has 3 nitrogen and oxygen atoms in total. The van der Waals surface area contributed by atoms with E-state index in [9.17, 15) is 14.0 Å². The Kier molecular flexibility index (Phi) is 3.23. The maximum Gasteiger partial charge on any atom is 0.296 e. The van der Waals surface area contributed by atoms with Crippen molar-refractivity contribution in [3.8, 4) is 0 Å². The van der Waals surface area contributed by atoms with E-state index in [-0.39, 0.29) is 11.4 Å². The number of fused-ring (bicyclic) bond motifs is 1. The van der Waals surface area contributed by atoms with E-state index in [1.165, 1.54) is 30.0 Å². The molecular formula is C14H7ClFNO2S. The minimum Gasteiger partial charge on any atom is -0.318 e. The van der Waals surface area contributed by atoms with Gasteiger partial charge in [0.2, 0.25) is 0 Å². The Morgan fingerprint density at radius 3 is 2.70 bits per heavy atom. The van der Waals surface area contributed by atoms with Gasteiger partial charge in [0.15, 0.2) is 0 Å². The zero-order valence-corrected chi connectivity index (χ0v) is 11.5. The molecule has 0 saturated heterocycles. The summed E-state index contributed by atoms with van der Waals surface area (Å²) < 4.78 is 13.1. The maximum absolute atomic E-state index is 13.1. The Balaban J connectivity index is 1.98. The van der Waals surface area contributed by atoms with Crippen LogP contribution in [-0.2, 0) is 4.79 Å². The normalized spacial score (nSPS) is 13.3. The number of hydrogen-bond acceptors (Lipinski definition) is 3. The summed E-state index contributed by atoms with van der Waals surface area (Å²) in [4.78, 5) is 24.2. The van der Waals surface area contributed by atoms with E-state index in [2.05, 4.69) is 5.32 Å². The Bertz CT molecular complexity index is 748. The molecule has 1 amide bonds. The molecule has 1 heterocycles. The van der Waals surface area contributed by atoms with Crippen LogP contribution in [-0.4, -0.2) is 11.7 Å². The van der Waals surface area contributed by atoms with Gasteiger partial charge in [-0.05, 0) is 30.3 Å². The van der Waals surface area contributed by atoms with E-state index in [0.717, 1.165) is 0 Å². The molecule has 0 radical (unpaired) electrons. The second-order valence-electron chi connectivity index (χ2n) is 4.17. The third-order valence-electron chi connectivity index (χ3n) is 2.79. The summed E-state index contributed by atoms with van der Waals surface area (Å²) in [7, 11) is 0. The van der Waals surface area contributed by atoms with Gasteiger partial charge in [0.05, 0.1) is 16.3 Å². The lowest BCUT2D eigenvalue weighted by Crippen LogP contribution is -2.12. The van der Waals surface area contributed by atoms with Crippen molar-refractivity contribution in [2.24, 2.45) is 0 Å². The van der Waals surface area contributed by atoms with E-state index in [1.807, 2.05) is 0 Å². The first-order chi connectivity index (χ1) is 9.54. The summed E-state index contributed by atoms with van der Waals surface area (Å²) in [5.74, 6) is -1.59. The topological polar surface area (TPSA) is 46.2 Å². The van der Waals surface area contributed by atoms with Crippen LogP contribution >= 0.6 is 23.4 Å². The van der Waals surface area contributed by atoms with Crippen LogP contribution < -0.4 is 5.32 Å². The summed E-state index contributed by atoms with van der Waals surface area (Å²) in [6, 6.07) is 9.17. The minimum absolute atomic E-state index is 0.267. The van der Waals surface area contributed by atoms with Crippen molar-refractivity contribution in [1.29, 1.82) is 0 Å². The number of carbonyl (C=O) groups excluding carboxylic acids is 2. The van der Waals surface area contributed by atoms with Crippen LogP contribution in [0.1, 0.15) is 10.4 Å². The Hall–Kier alpha value is -1.85. The molecule has 0 bridgehead atoms. The molecule has 2 aromatic rings. The standard InChI is InChI=1S/C14H7ClFNO2S/c15-10-5-9-11(17-14(19)13(9)18)6-12(10)20-8-3-1-2-7(16)4-8/h1-6H,(H,17,18,19). The van der Waals surface area contributed by atoms with Crippen molar-refractivity contribution in [1.82, 2.24) is 0 Å². The number of ketones is 1. The summed E-state index contributed by atoms with van der Waals surface area (Å²) >= 11 is 7.37. The first-order valence-electron chi connectivity index (χ1n) is 5.67. The van der Waals surface area contributed by atoms with Crippen LogP contribution in [0.2, 0.25) is 5.02 Å². The number of amides is 1.